The van der Waals surface area contributed by atoms with Crippen molar-refractivity contribution >= 4 is 17.5 Å². The van der Waals surface area contributed by atoms with E-state index in [1.165, 1.54) is 12.1 Å². The fourth-order valence-electron chi connectivity index (χ4n) is 2.95. The van der Waals surface area contributed by atoms with E-state index in [1.54, 1.807) is 11.0 Å². The third-order valence-corrected chi connectivity index (χ3v) is 4.40. The molecule has 5 heteroatoms. The number of carbonyl (C=O) groups excluding carboxylic acids is 1. The summed E-state index contributed by atoms with van der Waals surface area (Å²) >= 11 is 6.02. The van der Waals surface area contributed by atoms with Gasteiger partial charge >= 0.3 is 0 Å². The maximum atomic E-state index is 14.0. The summed E-state index contributed by atoms with van der Waals surface area (Å²) in [5.41, 5.74) is 5.91. The Hall–Kier alpha value is -1.13. The predicted molar refractivity (Wildman–Crippen MR) is 83.0 cm³/mol. The maximum absolute atomic E-state index is 14.0. The smallest absolute Gasteiger partial charge is 0.258 e. The second-order valence-electron chi connectivity index (χ2n) is 5.66. The summed E-state index contributed by atoms with van der Waals surface area (Å²) in [4.78, 5) is 14.5. The molecule has 1 aliphatic carbocycles. The van der Waals surface area contributed by atoms with Crippen LogP contribution in [0.15, 0.2) is 18.2 Å². The highest BCUT2D eigenvalue weighted by Gasteiger charge is 2.30. The van der Waals surface area contributed by atoms with Crippen molar-refractivity contribution in [2.24, 2.45) is 5.73 Å². The van der Waals surface area contributed by atoms with Crippen molar-refractivity contribution in [1.29, 1.82) is 0 Å². The summed E-state index contributed by atoms with van der Waals surface area (Å²) in [6.07, 6.45) is 4.39. The lowest BCUT2D eigenvalue weighted by atomic mass is 9.90. The minimum Gasteiger partial charge on any atom is -0.336 e. The van der Waals surface area contributed by atoms with Crippen LogP contribution in [0.5, 0.6) is 0 Å². The molecule has 21 heavy (non-hydrogen) atoms. The van der Waals surface area contributed by atoms with Crippen molar-refractivity contribution in [1.82, 2.24) is 4.90 Å². The average molecular weight is 313 g/mol. The molecule has 1 saturated carbocycles. The van der Waals surface area contributed by atoms with Crippen LogP contribution in [0.4, 0.5) is 4.39 Å². The lowest BCUT2D eigenvalue weighted by Gasteiger charge is -2.36. The maximum Gasteiger partial charge on any atom is 0.258 e. The molecular formula is C16H22ClFN2O. The summed E-state index contributed by atoms with van der Waals surface area (Å²) < 4.78 is 14.0. The molecule has 0 unspecified atom stereocenters. The van der Waals surface area contributed by atoms with Gasteiger partial charge in [-0.15, -0.1) is 0 Å². The molecule has 2 rings (SSSR count). The zero-order valence-corrected chi connectivity index (χ0v) is 13.1. The summed E-state index contributed by atoms with van der Waals surface area (Å²) in [5.74, 6) is -0.860. The van der Waals surface area contributed by atoms with Crippen molar-refractivity contribution in [2.75, 3.05) is 6.54 Å². The van der Waals surface area contributed by atoms with Gasteiger partial charge in [0.25, 0.3) is 5.91 Å². The lowest BCUT2D eigenvalue weighted by Crippen LogP contribution is -2.45. The molecule has 0 aromatic heterocycles. The van der Waals surface area contributed by atoms with Gasteiger partial charge < -0.3 is 10.6 Å². The minimum atomic E-state index is -0.555. The van der Waals surface area contributed by atoms with E-state index >= 15 is 0 Å². The normalized spacial score (nSPS) is 22.1. The molecule has 116 valence electrons. The van der Waals surface area contributed by atoms with Gasteiger partial charge in [-0.05, 0) is 44.2 Å². The summed E-state index contributed by atoms with van der Waals surface area (Å²) in [7, 11) is 0. The molecule has 3 nitrogen and oxygen atoms in total. The highest BCUT2D eigenvalue weighted by molar-refractivity contribution is 6.33. The Morgan fingerprint density at radius 1 is 1.38 bits per heavy atom. The van der Waals surface area contributed by atoms with E-state index < -0.39 is 5.82 Å². The van der Waals surface area contributed by atoms with E-state index in [-0.39, 0.29) is 28.6 Å². The minimum absolute atomic E-state index is 0.0116. The fourth-order valence-corrected chi connectivity index (χ4v) is 3.19. The van der Waals surface area contributed by atoms with Gasteiger partial charge in [0.15, 0.2) is 0 Å². The Morgan fingerprint density at radius 3 is 2.62 bits per heavy atom. The zero-order chi connectivity index (χ0) is 15.4. The third kappa shape index (κ3) is 3.74. The topological polar surface area (TPSA) is 46.3 Å². The first-order valence-corrected chi connectivity index (χ1v) is 7.93. The number of hydrogen-bond donors (Lipinski definition) is 1. The number of halogens is 2. The number of benzene rings is 1. The Kier molecular flexibility index (Phi) is 5.59. The van der Waals surface area contributed by atoms with Gasteiger partial charge in [-0.25, -0.2) is 4.39 Å². The molecule has 0 aliphatic heterocycles. The molecule has 0 saturated heterocycles. The van der Waals surface area contributed by atoms with Gasteiger partial charge in [-0.1, -0.05) is 24.6 Å². The molecule has 1 aromatic carbocycles. The van der Waals surface area contributed by atoms with E-state index in [2.05, 4.69) is 0 Å². The molecule has 1 aromatic rings. The Bertz CT molecular complexity index is 481. The summed E-state index contributed by atoms with van der Waals surface area (Å²) in [6, 6.07) is 4.70. The highest BCUT2D eigenvalue weighted by Crippen LogP contribution is 2.27. The summed E-state index contributed by atoms with van der Waals surface area (Å²) in [5, 5.41) is 0.175. The Balaban J connectivity index is 2.23. The van der Waals surface area contributed by atoms with Gasteiger partial charge in [0.1, 0.15) is 5.82 Å². The Labute approximate surface area is 130 Å². The van der Waals surface area contributed by atoms with E-state index in [1.807, 2.05) is 6.92 Å². The molecule has 2 N–H and O–H groups in total. The van der Waals surface area contributed by atoms with Gasteiger partial charge in [0, 0.05) is 18.6 Å². The molecular weight excluding hydrogens is 291 g/mol. The molecule has 0 radical (unpaired) electrons. The first kappa shape index (κ1) is 16.2. The SMILES string of the molecule is CCCN(C(=O)c1c(F)cccc1Cl)C1CCC(N)CC1. The summed E-state index contributed by atoms with van der Waals surface area (Å²) in [6.45, 7) is 2.63. The van der Waals surface area contributed by atoms with E-state index in [9.17, 15) is 9.18 Å². The van der Waals surface area contributed by atoms with Crippen LogP contribution in [0.3, 0.4) is 0 Å². The van der Waals surface area contributed by atoms with E-state index in [4.69, 9.17) is 17.3 Å². The molecule has 0 atom stereocenters. The largest absolute Gasteiger partial charge is 0.336 e. The molecule has 0 heterocycles. The van der Waals surface area contributed by atoms with Crippen molar-refractivity contribution in [3.8, 4) is 0 Å². The lowest BCUT2D eigenvalue weighted by molar-refractivity contribution is 0.0622. The van der Waals surface area contributed by atoms with E-state index in [0.29, 0.717) is 6.54 Å². The molecule has 0 spiro atoms. The third-order valence-electron chi connectivity index (χ3n) is 4.08. The van der Waals surface area contributed by atoms with E-state index in [0.717, 1.165) is 32.1 Å². The van der Waals surface area contributed by atoms with Crippen LogP contribution in [0.25, 0.3) is 0 Å². The fraction of sp³-hybridized carbons (Fsp3) is 0.562. The van der Waals surface area contributed by atoms with Gasteiger partial charge in [0.2, 0.25) is 0 Å². The monoisotopic (exact) mass is 312 g/mol. The molecule has 1 amide bonds. The number of rotatable bonds is 4. The van der Waals surface area contributed by atoms with Crippen LogP contribution >= 0.6 is 11.6 Å². The Morgan fingerprint density at radius 2 is 2.05 bits per heavy atom. The number of carbonyl (C=O) groups is 1. The van der Waals surface area contributed by atoms with Crippen LogP contribution < -0.4 is 5.73 Å². The van der Waals surface area contributed by atoms with Gasteiger partial charge in [-0.3, -0.25) is 4.79 Å². The first-order valence-electron chi connectivity index (χ1n) is 7.55. The number of nitrogens with two attached hydrogens (primary N) is 1. The van der Waals surface area contributed by atoms with Crippen LogP contribution in [0.2, 0.25) is 5.02 Å². The quantitative estimate of drug-likeness (QED) is 0.923. The average Bonchev–Trinajstić information content (AvgIpc) is 2.45. The predicted octanol–water partition coefficient (Wildman–Crippen LogP) is 3.60. The molecule has 1 aliphatic rings. The number of hydrogen-bond acceptors (Lipinski definition) is 2. The highest BCUT2D eigenvalue weighted by atomic mass is 35.5. The standard InChI is InChI=1S/C16H22ClFN2O/c1-2-10-20(12-8-6-11(19)7-9-12)16(21)15-13(17)4-3-5-14(15)18/h3-5,11-12H,2,6-10,19H2,1H3. The van der Waals surface area contributed by atoms with Crippen LogP contribution in [-0.2, 0) is 0 Å². The van der Waals surface area contributed by atoms with Crippen LogP contribution in [0, 0.1) is 5.82 Å². The van der Waals surface area contributed by atoms with Crippen molar-refractivity contribution in [2.45, 2.75) is 51.1 Å². The number of nitrogens with zero attached hydrogens (tertiary/aromatic N) is 1. The second-order valence-corrected chi connectivity index (χ2v) is 6.07. The van der Waals surface area contributed by atoms with Crippen molar-refractivity contribution in [3.05, 3.63) is 34.6 Å². The van der Waals surface area contributed by atoms with Crippen LogP contribution in [0.1, 0.15) is 49.4 Å². The van der Waals surface area contributed by atoms with Gasteiger partial charge in [0.05, 0.1) is 10.6 Å². The first-order chi connectivity index (χ1) is 10.0. The molecule has 0 bridgehead atoms. The second kappa shape index (κ2) is 7.23. The van der Waals surface area contributed by atoms with Crippen molar-refractivity contribution < 1.29 is 9.18 Å². The van der Waals surface area contributed by atoms with Gasteiger partial charge in [-0.2, -0.15) is 0 Å². The zero-order valence-electron chi connectivity index (χ0n) is 12.3. The van der Waals surface area contributed by atoms with Crippen LogP contribution in [-0.4, -0.2) is 29.4 Å². The molecule has 1 fully saturated rings. The van der Waals surface area contributed by atoms with Crippen molar-refractivity contribution in [3.63, 3.8) is 0 Å². The number of amides is 1.